The van der Waals surface area contributed by atoms with Crippen molar-refractivity contribution in [1.82, 2.24) is 4.90 Å². The summed E-state index contributed by atoms with van der Waals surface area (Å²) in [5.41, 5.74) is 0.398. The molecule has 3 heteroatoms. The average Bonchev–Trinajstić information content (AvgIpc) is 2.12. The fourth-order valence-corrected chi connectivity index (χ4v) is 4.62. The summed E-state index contributed by atoms with van der Waals surface area (Å²) in [6, 6.07) is 0. The first-order valence-corrected chi connectivity index (χ1v) is 8.51. The molecule has 1 rings (SSSR count). The van der Waals surface area contributed by atoms with Gasteiger partial charge in [0.25, 0.3) is 0 Å². The van der Waals surface area contributed by atoms with E-state index >= 15 is 0 Å². The van der Waals surface area contributed by atoms with Crippen LogP contribution >= 0.6 is 0 Å². The molecular weight excluding hydrogens is 178 g/mol. The lowest BCUT2D eigenvalue weighted by atomic mass is 9.92. The van der Waals surface area contributed by atoms with E-state index in [0.29, 0.717) is 11.6 Å². The Morgan fingerprint density at radius 3 is 2.00 bits per heavy atom. The third-order valence-electron chi connectivity index (χ3n) is 3.07. The van der Waals surface area contributed by atoms with Crippen molar-refractivity contribution < 1.29 is 4.79 Å². The van der Waals surface area contributed by atoms with Crippen molar-refractivity contribution in [3.8, 4) is 0 Å². The second-order valence-electron chi connectivity index (χ2n) is 5.89. The van der Waals surface area contributed by atoms with Gasteiger partial charge in [0.1, 0.15) is 0 Å². The van der Waals surface area contributed by atoms with Crippen molar-refractivity contribution >= 4 is 14.0 Å². The lowest BCUT2D eigenvalue weighted by Gasteiger charge is -2.30. The van der Waals surface area contributed by atoms with Gasteiger partial charge in [-0.25, -0.2) is 0 Å². The predicted octanol–water partition coefficient (Wildman–Crippen LogP) is 2.12. The van der Waals surface area contributed by atoms with Crippen LogP contribution in [-0.4, -0.2) is 31.6 Å². The number of hydrogen-bond acceptors (Lipinski definition) is 1. The van der Waals surface area contributed by atoms with Gasteiger partial charge in [0.05, 0.1) is 8.07 Å². The van der Waals surface area contributed by atoms with E-state index in [0.717, 1.165) is 6.42 Å². The van der Waals surface area contributed by atoms with E-state index in [4.69, 9.17) is 0 Å². The number of amides is 1. The second-order valence-corrected chi connectivity index (χ2v) is 11.3. The van der Waals surface area contributed by atoms with E-state index in [1.54, 1.807) is 0 Å². The van der Waals surface area contributed by atoms with Crippen molar-refractivity contribution in [2.45, 2.75) is 45.6 Å². The number of nitrogens with zero attached hydrogens (tertiary/aromatic N) is 1. The topological polar surface area (TPSA) is 20.3 Å². The molecule has 0 aromatic rings. The fraction of sp³-hybridized carbons (Fsp3) is 0.900. The molecule has 1 heterocycles. The van der Waals surface area contributed by atoms with Crippen LogP contribution in [0.2, 0.25) is 19.6 Å². The number of carbonyl (C=O) groups excluding carboxylic acids is 1. The Hall–Kier alpha value is -0.313. The Balaban J connectivity index is 2.91. The smallest absolute Gasteiger partial charge is 0.228 e. The van der Waals surface area contributed by atoms with Crippen molar-refractivity contribution in [3.63, 3.8) is 0 Å². The maximum Gasteiger partial charge on any atom is 0.228 e. The van der Waals surface area contributed by atoms with Crippen LogP contribution in [0.5, 0.6) is 0 Å². The Morgan fingerprint density at radius 2 is 1.85 bits per heavy atom. The molecule has 0 N–H and O–H groups in total. The molecule has 1 aliphatic heterocycles. The normalized spacial score (nSPS) is 28.3. The molecule has 1 aliphatic rings. The molecule has 1 unspecified atom stereocenters. The molecule has 0 bridgehead atoms. The standard InChI is InChI=1S/C10H21NOSi/c1-10(2)7-8(13(4,5)6)11(3)9(10)12/h8H,7H2,1-6H3. The van der Waals surface area contributed by atoms with Crippen LogP contribution in [-0.2, 0) is 4.79 Å². The number of rotatable bonds is 1. The first-order valence-electron chi connectivity index (χ1n) is 4.93. The van der Waals surface area contributed by atoms with Gasteiger partial charge in [0.15, 0.2) is 0 Å². The summed E-state index contributed by atoms with van der Waals surface area (Å²) in [7, 11) is 0.746. The van der Waals surface area contributed by atoms with E-state index in [1.807, 2.05) is 11.9 Å². The van der Waals surface area contributed by atoms with Gasteiger partial charge in [-0.2, -0.15) is 0 Å². The zero-order valence-corrected chi connectivity index (χ0v) is 10.6. The van der Waals surface area contributed by atoms with Gasteiger partial charge >= 0.3 is 0 Å². The SMILES string of the molecule is CN1C(=O)C(C)(C)CC1[Si](C)(C)C. The molecule has 0 spiro atoms. The van der Waals surface area contributed by atoms with Gasteiger partial charge in [-0.1, -0.05) is 33.5 Å². The molecule has 0 radical (unpaired) electrons. The molecule has 1 atom stereocenters. The highest BCUT2D eigenvalue weighted by molar-refractivity contribution is 6.78. The van der Waals surface area contributed by atoms with Crippen molar-refractivity contribution in [1.29, 1.82) is 0 Å². The van der Waals surface area contributed by atoms with E-state index in [1.165, 1.54) is 0 Å². The Kier molecular flexibility index (Phi) is 2.35. The maximum atomic E-state index is 11.8. The summed E-state index contributed by atoms with van der Waals surface area (Å²) in [6.45, 7) is 11.1. The number of carbonyl (C=O) groups is 1. The highest BCUT2D eigenvalue weighted by Gasteiger charge is 2.47. The van der Waals surface area contributed by atoms with Crippen LogP contribution in [0.4, 0.5) is 0 Å². The zero-order valence-electron chi connectivity index (χ0n) is 9.64. The molecule has 0 saturated carbocycles. The second kappa shape index (κ2) is 2.84. The quantitative estimate of drug-likeness (QED) is 0.592. The van der Waals surface area contributed by atoms with Gasteiger partial charge in [0, 0.05) is 18.1 Å². The monoisotopic (exact) mass is 199 g/mol. The van der Waals surface area contributed by atoms with E-state index < -0.39 is 8.07 Å². The highest BCUT2D eigenvalue weighted by Crippen LogP contribution is 2.37. The molecule has 1 amide bonds. The average molecular weight is 199 g/mol. The first-order chi connectivity index (χ1) is 5.66. The van der Waals surface area contributed by atoms with Crippen LogP contribution < -0.4 is 0 Å². The molecule has 13 heavy (non-hydrogen) atoms. The molecule has 1 fully saturated rings. The van der Waals surface area contributed by atoms with Crippen molar-refractivity contribution in [2.24, 2.45) is 5.41 Å². The van der Waals surface area contributed by atoms with Gasteiger partial charge in [-0.3, -0.25) is 4.79 Å². The van der Waals surface area contributed by atoms with E-state index in [-0.39, 0.29) is 5.41 Å². The van der Waals surface area contributed by atoms with Crippen LogP contribution in [0.1, 0.15) is 20.3 Å². The minimum atomic E-state index is -1.21. The first kappa shape index (κ1) is 10.8. The van der Waals surface area contributed by atoms with Crippen LogP contribution in [0.3, 0.4) is 0 Å². The number of hydrogen-bond donors (Lipinski definition) is 0. The van der Waals surface area contributed by atoms with Gasteiger partial charge in [-0.15, -0.1) is 0 Å². The minimum Gasteiger partial charge on any atom is -0.345 e. The third kappa shape index (κ3) is 1.80. The molecule has 1 saturated heterocycles. The lowest BCUT2D eigenvalue weighted by Crippen LogP contribution is -2.46. The Labute approximate surface area is 82.3 Å². The van der Waals surface area contributed by atoms with Gasteiger partial charge in [-0.05, 0) is 6.42 Å². The summed E-state index contributed by atoms with van der Waals surface area (Å²) in [6.07, 6.45) is 1.04. The summed E-state index contributed by atoms with van der Waals surface area (Å²) < 4.78 is 0. The van der Waals surface area contributed by atoms with Gasteiger partial charge < -0.3 is 4.90 Å². The summed E-state index contributed by atoms with van der Waals surface area (Å²) >= 11 is 0. The van der Waals surface area contributed by atoms with Crippen LogP contribution in [0, 0.1) is 5.41 Å². The predicted molar refractivity (Wildman–Crippen MR) is 58.3 cm³/mol. The fourth-order valence-electron chi connectivity index (χ4n) is 2.21. The molecule has 0 aliphatic carbocycles. The Bertz CT molecular complexity index is 230. The maximum absolute atomic E-state index is 11.8. The van der Waals surface area contributed by atoms with Crippen LogP contribution in [0.25, 0.3) is 0 Å². The molecule has 0 aromatic heterocycles. The number of likely N-dealkylation sites (tertiary alicyclic amines) is 1. The largest absolute Gasteiger partial charge is 0.345 e. The van der Waals surface area contributed by atoms with Gasteiger partial charge in [0.2, 0.25) is 5.91 Å². The molecule has 2 nitrogen and oxygen atoms in total. The highest BCUT2D eigenvalue weighted by atomic mass is 28.3. The third-order valence-corrected chi connectivity index (χ3v) is 5.66. The Morgan fingerprint density at radius 1 is 1.38 bits per heavy atom. The minimum absolute atomic E-state index is 0.125. The van der Waals surface area contributed by atoms with Crippen molar-refractivity contribution in [2.75, 3.05) is 7.05 Å². The zero-order chi connectivity index (χ0) is 10.4. The molecule has 0 aromatic carbocycles. The lowest BCUT2D eigenvalue weighted by molar-refractivity contribution is -0.133. The van der Waals surface area contributed by atoms with E-state index in [2.05, 4.69) is 33.5 Å². The summed E-state index contributed by atoms with van der Waals surface area (Å²) in [4.78, 5) is 13.8. The van der Waals surface area contributed by atoms with E-state index in [9.17, 15) is 4.79 Å². The molecule has 76 valence electrons. The summed E-state index contributed by atoms with van der Waals surface area (Å²) in [5, 5.41) is 0. The van der Waals surface area contributed by atoms with Crippen LogP contribution in [0.15, 0.2) is 0 Å². The van der Waals surface area contributed by atoms with Crippen molar-refractivity contribution in [3.05, 3.63) is 0 Å². The summed E-state index contributed by atoms with van der Waals surface area (Å²) in [5.74, 6) is 0.319. The molecular formula is C10H21NOSi.